The van der Waals surface area contributed by atoms with Crippen LogP contribution in [0.2, 0.25) is 0 Å². The lowest BCUT2D eigenvalue weighted by Crippen LogP contribution is -2.21. The van der Waals surface area contributed by atoms with Crippen molar-refractivity contribution in [2.45, 2.75) is 13.0 Å². The number of hydrogen-bond acceptors (Lipinski definition) is 5. The Kier molecular flexibility index (Phi) is 5.18. The van der Waals surface area contributed by atoms with Crippen molar-refractivity contribution in [3.05, 3.63) is 59.1 Å². The second-order valence-corrected chi connectivity index (χ2v) is 5.45. The van der Waals surface area contributed by atoms with E-state index < -0.39 is 0 Å². The Morgan fingerprint density at radius 1 is 1.00 bits per heavy atom. The minimum atomic E-state index is -0.0412. The molecule has 0 aliphatic carbocycles. The lowest BCUT2D eigenvalue weighted by Gasteiger charge is -2.14. The summed E-state index contributed by atoms with van der Waals surface area (Å²) in [6, 6.07) is 12.8. The average Bonchev–Trinajstić information content (AvgIpc) is 2.66. The van der Waals surface area contributed by atoms with Crippen molar-refractivity contribution in [1.29, 1.82) is 0 Å². The van der Waals surface area contributed by atoms with Gasteiger partial charge in [0.2, 0.25) is 5.75 Å². The molecule has 0 N–H and O–H groups in total. The van der Waals surface area contributed by atoms with E-state index in [2.05, 4.69) is 4.98 Å². The molecule has 0 fully saturated rings. The monoisotopic (exact) mass is 340 g/mol. The zero-order valence-corrected chi connectivity index (χ0v) is 14.3. The van der Waals surface area contributed by atoms with Gasteiger partial charge in [-0.25, -0.2) is 4.98 Å². The van der Waals surface area contributed by atoms with Gasteiger partial charge in [0, 0.05) is 6.54 Å². The Bertz CT molecular complexity index is 898. The topological polar surface area (TPSA) is 62.6 Å². The van der Waals surface area contributed by atoms with Gasteiger partial charge in [-0.1, -0.05) is 18.2 Å². The minimum Gasteiger partial charge on any atom is -0.493 e. The largest absolute Gasteiger partial charge is 0.493 e. The molecule has 0 bridgehead atoms. The lowest BCUT2D eigenvalue weighted by molar-refractivity contribution is 0.265. The van der Waals surface area contributed by atoms with E-state index in [9.17, 15) is 4.79 Å². The summed E-state index contributed by atoms with van der Waals surface area (Å²) in [6.45, 7) is 0.949. The van der Waals surface area contributed by atoms with E-state index in [0.29, 0.717) is 47.7 Å². The van der Waals surface area contributed by atoms with E-state index in [0.717, 1.165) is 0 Å². The first kappa shape index (κ1) is 16.8. The van der Waals surface area contributed by atoms with Crippen LogP contribution >= 0.6 is 0 Å². The molecule has 25 heavy (non-hydrogen) atoms. The highest BCUT2D eigenvalue weighted by atomic mass is 16.5. The third kappa shape index (κ3) is 3.57. The van der Waals surface area contributed by atoms with Crippen molar-refractivity contribution in [2.75, 3.05) is 20.8 Å². The smallest absolute Gasteiger partial charge is 0.261 e. The molecule has 6 nitrogen and oxygen atoms in total. The minimum absolute atomic E-state index is 0.0412. The summed E-state index contributed by atoms with van der Waals surface area (Å²) in [7, 11) is 3.17. The van der Waals surface area contributed by atoms with Crippen LogP contribution in [0.4, 0.5) is 0 Å². The van der Waals surface area contributed by atoms with E-state index in [1.54, 1.807) is 31.2 Å². The van der Waals surface area contributed by atoms with Crippen LogP contribution in [0, 0.1) is 0 Å². The molecule has 0 amide bonds. The van der Waals surface area contributed by atoms with Gasteiger partial charge in [0.1, 0.15) is 0 Å². The highest BCUT2D eigenvalue weighted by molar-refractivity contribution is 5.76. The first-order valence-electron chi connectivity index (χ1n) is 8.02. The van der Waals surface area contributed by atoms with Crippen LogP contribution < -0.4 is 19.8 Å². The van der Waals surface area contributed by atoms with Gasteiger partial charge in [0.05, 0.1) is 38.1 Å². The summed E-state index contributed by atoms with van der Waals surface area (Å²) in [4.78, 5) is 16.8. The van der Waals surface area contributed by atoms with Crippen LogP contribution in [-0.4, -0.2) is 30.4 Å². The first-order valence-corrected chi connectivity index (χ1v) is 8.02. The van der Waals surface area contributed by atoms with Gasteiger partial charge in [-0.2, -0.15) is 0 Å². The predicted octanol–water partition coefficient (Wildman–Crippen LogP) is 2.88. The number of para-hydroxylation sites is 2. The molecule has 2 aromatic carbocycles. The number of rotatable bonds is 7. The molecule has 0 spiro atoms. The molecule has 0 atom stereocenters. The highest BCUT2D eigenvalue weighted by Crippen LogP contribution is 2.36. The SMILES string of the molecule is COc1cccc(OC)c1OCCCn1cnc2ccccc2c1=O. The van der Waals surface area contributed by atoms with Crippen molar-refractivity contribution < 1.29 is 14.2 Å². The Balaban J connectivity index is 1.67. The van der Waals surface area contributed by atoms with Crippen LogP contribution in [0.5, 0.6) is 17.2 Å². The zero-order chi connectivity index (χ0) is 17.6. The van der Waals surface area contributed by atoms with Gasteiger partial charge in [0.15, 0.2) is 11.5 Å². The van der Waals surface area contributed by atoms with E-state index in [1.165, 1.54) is 0 Å². The van der Waals surface area contributed by atoms with Crippen LogP contribution in [-0.2, 0) is 6.54 Å². The normalized spacial score (nSPS) is 10.6. The fourth-order valence-corrected chi connectivity index (χ4v) is 2.63. The first-order chi connectivity index (χ1) is 12.2. The Morgan fingerprint density at radius 2 is 1.72 bits per heavy atom. The fourth-order valence-electron chi connectivity index (χ4n) is 2.63. The summed E-state index contributed by atoms with van der Waals surface area (Å²) in [6.07, 6.45) is 2.23. The van der Waals surface area contributed by atoms with Crippen LogP contribution in [0.1, 0.15) is 6.42 Å². The number of benzene rings is 2. The van der Waals surface area contributed by atoms with Gasteiger partial charge in [-0.15, -0.1) is 0 Å². The van der Waals surface area contributed by atoms with E-state index in [-0.39, 0.29) is 5.56 Å². The van der Waals surface area contributed by atoms with Crippen molar-refractivity contribution in [3.63, 3.8) is 0 Å². The van der Waals surface area contributed by atoms with Crippen LogP contribution in [0.3, 0.4) is 0 Å². The van der Waals surface area contributed by atoms with E-state index >= 15 is 0 Å². The molecule has 0 unspecified atom stereocenters. The number of aryl methyl sites for hydroxylation is 1. The van der Waals surface area contributed by atoms with Gasteiger partial charge in [-0.05, 0) is 30.7 Å². The van der Waals surface area contributed by atoms with Gasteiger partial charge >= 0.3 is 0 Å². The Morgan fingerprint density at radius 3 is 2.44 bits per heavy atom. The maximum absolute atomic E-state index is 12.4. The molecular formula is C19H20N2O4. The lowest BCUT2D eigenvalue weighted by atomic mass is 10.2. The molecule has 0 saturated heterocycles. The molecular weight excluding hydrogens is 320 g/mol. The molecule has 0 aliphatic heterocycles. The second-order valence-electron chi connectivity index (χ2n) is 5.45. The summed E-state index contributed by atoms with van der Waals surface area (Å²) >= 11 is 0. The molecule has 0 radical (unpaired) electrons. The molecule has 3 rings (SSSR count). The van der Waals surface area contributed by atoms with Crippen molar-refractivity contribution in [3.8, 4) is 17.2 Å². The second kappa shape index (κ2) is 7.70. The molecule has 130 valence electrons. The van der Waals surface area contributed by atoms with E-state index in [1.807, 2.05) is 36.4 Å². The number of hydrogen-bond donors (Lipinski definition) is 0. The van der Waals surface area contributed by atoms with Gasteiger partial charge in [-0.3, -0.25) is 9.36 Å². The highest BCUT2D eigenvalue weighted by Gasteiger charge is 2.11. The third-order valence-electron chi connectivity index (χ3n) is 3.90. The quantitative estimate of drug-likeness (QED) is 0.619. The molecule has 1 aromatic heterocycles. The molecule has 3 aromatic rings. The van der Waals surface area contributed by atoms with Gasteiger partial charge in [0.25, 0.3) is 5.56 Å². The maximum Gasteiger partial charge on any atom is 0.261 e. The fraction of sp³-hybridized carbons (Fsp3) is 0.263. The predicted molar refractivity (Wildman–Crippen MR) is 95.7 cm³/mol. The number of ether oxygens (including phenoxy) is 3. The molecule has 0 aliphatic rings. The molecule has 0 saturated carbocycles. The zero-order valence-electron chi connectivity index (χ0n) is 14.3. The number of aromatic nitrogens is 2. The Labute approximate surface area is 145 Å². The number of nitrogens with zero attached hydrogens (tertiary/aromatic N) is 2. The third-order valence-corrected chi connectivity index (χ3v) is 3.90. The van der Waals surface area contributed by atoms with Crippen LogP contribution in [0.15, 0.2) is 53.6 Å². The molecule has 1 heterocycles. The van der Waals surface area contributed by atoms with Crippen LogP contribution in [0.25, 0.3) is 10.9 Å². The summed E-state index contributed by atoms with van der Waals surface area (Å²) in [5.41, 5.74) is 0.666. The molecule has 6 heteroatoms. The van der Waals surface area contributed by atoms with Crippen molar-refractivity contribution >= 4 is 10.9 Å². The number of methoxy groups -OCH3 is 2. The summed E-state index contributed by atoms with van der Waals surface area (Å²) in [5, 5.41) is 0.623. The summed E-state index contributed by atoms with van der Waals surface area (Å²) < 4.78 is 18.0. The van der Waals surface area contributed by atoms with Gasteiger partial charge < -0.3 is 14.2 Å². The van der Waals surface area contributed by atoms with Crippen molar-refractivity contribution in [2.24, 2.45) is 0 Å². The van der Waals surface area contributed by atoms with E-state index in [4.69, 9.17) is 14.2 Å². The Hall–Kier alpha value is -3.02. The maximum atomic E-state index is 12.4. The average molecular weight is 340 g/mol. The number of fused-ring (bicyclic) bond motifs is 1. The summed E-state index contributed by atoms with van der Waals surface area (Å²) in [5.74, 6) is 1.80. The standard InChI is InChI=1S/C19H20N2O4/c1-23-16-9-5-10-17(24-2)18(16)25-12-6-11-21-13-20-15-8-4-3-7-14(15)19(21)22/h3-5,7-10,13H,6,11-12H2,1-2H3. The van der Waals surface area contributed by atoms with Crippen molar-refractivity contribution in [1.82, 2.24) is 9.55 Å².